The van der Waals surface area contributed by atoms with Crippen LogP contribution in [0.2, 0.25) is 0 Å². The van der Waals surface area contributed by atoms with E-state index in [0.29, 0.717) is 22.7 Å². The summed E-state index contributed by atoms with van der Waals surface area (Å²) < 4.78 is 119. The number of nitrogens with zero attached hydrogens (tertiary/aromatic N) is 6. The Hall–Kier alpha value is -8.42. The largest absolute Gasteiger partial charge is 0.425 e. The van der Waals surface area contributed by atoms with Crippen molar-refractivity contribution >= 4 is 110 Å². The van der Waals surface area contributed by atoms with Crippen LogP contribution in [0.4, 0.5) is 68.2 Å². The minimum absolute atomic E-state index is 0.0129. The van der Waals surface area contributed by atoms with Gasteiger partial charge >= 0.3 is 21.2 Å². The molecule has 0 unspecified atom stereocenters. The van der Waals surface area contributed by atoms with E-state index in [1.54, 1.807) is 36.4 Å². The van der Waals surface area contributed by atoms with Crippen LogP contribution in [0.25, 0.3) is 11.1 Å². The fraction of sp³-hybridized carbons (Fsp3) is 0. The summed E-state index contributed by atoms with van der Waals surface area (Å²) in [6.07, 6.45) is 0. The molecule has 0 saturated carbocycles. The van der Waals surface area contributed by atoms with Crippen molar-refractivity contribution in [2.75, 3.05) is 22.1 Å². The molecule has 6 aromatic carbocycles. The van der Waals surface area contributed by atoms with Gasteiger partial charge < -0.3 is 22.1 Å². The van der Waals surface area contributed by atoms with E-state index >= 15 is 0 Å². The predicted octanol–water partition coefficient (Wildman–Crippen LogP) is 7.14. The van der Waals surface area contributed by atoms with E-state index in [9.17, 15) is 46.2 Å². The maximum Gasteiger partial charge on any atom is 0.425 e. The van der Waals surface area contributed by atoms with Crippen LogP contribution in [0.1, 0.15) is 0 Å². The molecule has 0 aliphatic rings. The number of anilines is 6. The van der Waals surface area contributed by atoms with Crippen molar-refractivity contribution in [3.05, 3.63) is 142 Å². The van der Waals surface area contributed by atoms with Crippen molar-refractivity contribution in [2.45, 2.75) is 9.79 Å². The van der Waals surface area contributed by atoms with Gasteiger partial charge in [0.05, 0.1) is 38.3 Å². The highest BCUT2D eigenvalue weighted by atomic mass is 32.2. The molecule has 0 aliphatic carbocycles. The van der Waals surface area contributed by atoms with Crippen LogP contribution in [-0.2, 0) is 41.5 Å². The molecule has 0 amide bonds. The van der Waals surface area contributed by atoms with Gasteiger partial charge in [-0.2, -0.15) is 27.1 Å². The third kappa shape index (κ3) is 14.9. The second-order valence-electron chi connectivity index (χ2n) is 12.5. The number of hydrogen-bond acceptors (Lipinski definition) is 22. The van der Waals surface area contributed by atoms with E-state index in [4.69, 9.17) is 36.7 Å². The third-order valence-corrected chi connectivity index (χ3v) is 9.92. The average molecular weight is 985 g/mol. The van der Waals surface area contributed by atoms with Crippen molar-refractivity contribution in [2.24, 2.45) is 20.5 Å². The van der Waals surface area contributed by atoms with Crippen molar-refractivity contribution in [1.29, 1.82) is 0 Å². The Morgan fingerprint density at radius 1 is 0.500 bits per heavy atom. The molecule has 0 atom stereocenters. The highest BCUT2D eigenvalue weighted by Gasteiger charge is 2.22. The van der Waals surface area contributed by atoms with E-state index in [1.165, 1.54) is 60.7 Å². The molecule has 0 saturated heterocycles. The van der Waals surface area contributed by atoms with E-state index < -0.39 is 66.8 Å². The number of nitro groups is 2. The normalized spacial score (nSPS) is 11.1. The van der Waals surface area contributed by atoms with Crippen LogP contribution >= 0.6 is 0 Å². The van der Waals surface area contributed by atoms with Gasteiger partial charge in [0.15, 0.2) is 0 Å². The summed E-state index contributed by atoms with van der Waals surface area (Å²) in [6.45, 7) is 0. The minimum atomic E-state index is -4.83. The second kappa shape index (κ2) is 21.8. The zero-order valence-electron chi connectivity index (χ0n) is 32.6. The lowest BCUT2D eigenvalue weighted by molar-refractivity contribution is -0.385. The summed E-state index contributed by atoms with van der Waals surface area (Å²) in [4.78, 5) is 19.5. The number of hydrogen-bond donors (Lipinski definition) is 6. The molecule has 0 fully saturated rings. The first kappa shape index (κ1) is 50.2. The molecule has 30 heteroatoms. The van der Waals surface area contributed by atoms with Gasteiger partial charge in [-0.15, -0.1) is 35.5 Å². The second-order valence-corrected chi connectivity index (χ2v) is 16.1. The Morgan fingerprint density at radius 2 is 0.924 bits per heavy atom. The van der Waals surface area contributed by atoms with Gasteiger partial charge in [-0.25, -0.2) is 0 Å². The van der Waals surface area contributed by atoms with Gasteiger partial charge in [-0.1, -0.05) is 6.07 Å². The highest BCUT2D eigenvalue weighted by molar-refractivity contribution is 7.86. The summed E-state index contributed by atoms with van der Waals surface area (Å²) in [6, 6.07) is 28.2. The maximum absolute atomic E-state index is 12.5. The molecule has 0 aliphatic heterocycles. The topological polar surface area (TPSA) is 423 Å². The molecule has 0 spiro atoms. The number of nitro benzene ring substituents is 2. The van der Waals surface area contributed by atoms with Gasteiger partial charge in [0.1, 0.15) is 21.2 Å². The van der Waals surface area contributed by atoms with Gasteiger partial charge in [0, 0.05) is 46.9 Å². The average Bonchev–Trinajstić information content (AvgIpc) is 3.23. The number of nitrogen functional groups attached to an aromatic ring is 2. The number of rotatable bonds is 13. The summed E-state index contributed by atoms with van der Waals surface area (Å²) in [5.41, 5.74) is 14.4. The smallest absolute Gasteiger partial charge is 0.397 e. The van der Waals surface area contributed by atoms with E-state index in [0.717, 1.165) is 24.3 Å². The fourth-order valence-corrected chi connectivity index (χ4v) is 6.68. The monoisotopic (exact) mass is 984 g/mol. The van der Waals surface area contributed by atoms with Crippen LogP contribution in [0.3, 0.4) is 0 Å². The fourth-order valence-electron chi connectivity index (χ4n) is 5.28. The molecule has 0 heterocycles. The van der Waals surface area contributed by atoms with E-state index in [-0.39, 0.29) is 50.9 Å². The van der Waals surface area contributed by atoms with Gasteiger partial charge in [0.25, 0.3) is 31.6 Å². The minimum Gasteiger partial charge on any atom is -0.397 e. The first-order chi connectivity index (χ1) is 30.9. The maximum atomic E-state index is 12.5. The van der Waals surface area contributed by atoms with Gasteiger partial charge in [-0.05, 0) is 96.6 Å². The van der Waals surface area contributed by atoms with Crippen LogP contribution in [0.15, 0.2) is 152 Å². The van der Waals surface area contributed by atoms with E-state index in [1.807, 2.05) is 0 Å². The Bertz CT molecular complexity index is 3300. The Morgan fingerprint density at radius 3 is 1.38 bits per heavy atom. The quantitative estimate of drug-likeness (QED) is 0.0220. The van der Waals surface area contributed by atoms with Crippen LogP contribution in [0, 0.1) is 20.2 Å². The molecular formula is C36H28N10O16S4. The molecule has 0 bridgehead atoms. The molecule has 26 nitrogen and oxygen atoms in total. The van der Waals surface area contributed by atoms with Crippen molar-refractivity contribution in [3.63, 3.8) is 0 Å². The Kier molecular flexibility index (Phi) is 16.6. The van der Waals surface area contributed by atoms with Gasteiger partial charge in [0.2, 0.25) is 0 Å². The van der Waals surface area contributed by atoms with Crippen molar-refractivity contribution in [3.8, 4) is 11.1 Å². The molecular weight excluding hydrogens is 957 g/mol. The van der Waals surface area contributed by atoms with Gasteiger partial charge in [-0.3, -0.25) is 29.3 Å². The zero-order valence-corrected chi connectivity index (χ0v) is 35.9. The summed E-state index contributed by atoms with van der Waals surface area (Å²) in [7, 11) is -15.9. The molecule has 8 N–H and O–H groups in total. The number of azo groups is 2. The van der Waals surface area contributed by atoms with Crippen molar-refractivity contribution < 1.29 is 61.0 Å². The number of non-ortho nitro benzene ring substituents is 2. The summed E-state index contributed by atoms with van der Waals surface area (Å²) in [5, 5.41) is 44.7. The highest BCUT2D eigenvalue weighted by Crippen LogP contribution is 2.39. The number of benzene rings is 6. The molecule has 6 rings (SSSR count). The first-order valence-electron chi connectivity index (χ1n) is 17.3. The Labute approximate surface area is 374 Å². The SMILES string of the molecule is Nc1ccc(-c2cc(N=Nc3ccc(Nc4ccc([N+](=O)[O-])cc4S(=O)(=O)O)cc3)c(N)cc2S(=O)(=O)O)cc1N=Nc1ccc(Nc2ccc([N+](=O)[O-])cc2)cc1.O=S(=O)=O.O=S(=O)=O. The molecule has 6 aromatic rings. The van der Waals surface area contributed by atoms with Crippen LogP contribution in [0.5, 0.6) is 0 Å². The number of nitrogens with two attached hydrogens (primary N) is 2. The summed E-state index contributed by atoms with van der Waals surface area (Å²) in [5.74, 6) is 0. The molecule has 66 heavy (non-hydrogen) atoms. The van der Waals surface area contributed by atoms with Crippen LogP contribution < -0.4 is 22.1 Å². The third-order valence-electron chi connectivity index (χ3n) is 8.13. The Balaban J connectivity index is 0.00000110. The molecule has 0 aromatic heterocycles. The van der Waals surface area contributed by atoms with E-state index in [2.05, 4.69) is 31.1 Å². The van der Waals surface area contributed by atoms with Crippen molar-refractivity contribution in [1.82, 2.24) is 0 Å². The molecule has 342 valence electrons. The lowest BCUT2D eigenvalue weighted by atomic mass is 10.0. The van der Waals surface area contributed by atoms with Crippen LogP contribution in [-0.4, -0.2) is 61.0 Å². The first-order valence-corrected chi connectivity index (χ1v) is 22.2. The standard InChI is InChI=1S/C36H28N10O10S2.2O3S/c37-30-15-1-21(17-33(30)43-41-25-6-2-22(3-7-25)39-23-10-12-27(13-11-23)45(47)48)29-19-34(31(38)20-35(29)57(51,52)53)44-42-26-8-4-24(5-9-26)40-32-16-14-28(46(49)50)18-36(32)58(54,55)56;2*1-4(2)3/h1-20,39-40H,37-38H2,(H,51,52,53)(H,54,55,56);;. The molecule has 0 radical (unpaired) electrons. The summed E-state index contributed by atoms with van der Waals surface area (Å²) >= 11 is 0. The predicted molar refractivity (Wildman–Crippen MR) is 234 cm³/mol. The zero-order chi connectivity index (χ0) is 48.9. The lowest BCUT2D eigenvalue weighted by Crippen LogP contribution is -2.04. The lowest BCUT2D eigenvalue weighted by Gasteiger charge is -2.12. The number of nitrogens with one attached hydrogen (secondary N) is 2.